The normalized spacial score (nSPS) is 20.5. The van der Waals surface area contributed by atoms with Crippen molar-refractivity contribution in [1.29, 1.82) is 0 Å². The van der Waals surface area contributed by atoms with E-state index in [9.17, 15) is 9.90 Å². The molecule has 1 aromatic carbocycles. The highest BCUT2D eigenvalue weighted by Gasteiger charge is 2.17. The molecule has 86 valence electrons. The molecule has 0 saturated carbocycles. The number of amides is 1. The van der Waals surface area contributed by atoms with Crippen molar-refractivity contribution >= 4 is 5.91 Å². The number of aromatic hydroxyl groups is 1. The number of rotatable bonds is 3. The van der Waals surface area contributed by atoms with Crippen LogP contribution in [0.4, 0.5) is 0 Å². The van der Waals surface area contributed by atoms with Gasteiger partial charge in [0, 0.05) is 31.1 Å². The van der Waals surface area contributed by atoms with Gasteiger partial charge in [-0.05, 0) is 12.5 Å². The van der Waals surface area contributed by atoms with E-state index in [0.717, 1.165) is 12.0 Å². The van der Waals surface area contributed by atoms with E-state index in [1.165, 1.54) is 0 Å². The lowest BCUT2D eigenvalue weighted by Gasteiger charge is -2.23. The molecule has 16 heavy (non-hydrogen) atoms. The Kier molecular flexibility index (Phi) is 3.41. The molecule has 1 unspecified atom stereocenters. The van der Waals surface area contributed by atoms with Gasteiger partial charge in [0.25, 0.3) is 0 Å². The lowest BCUT2D eigenvalue weighted by atomic mass is 10.1. The first-order valence-electron chi connectivity index (χ1n) is 5.52. The fourth-order valence-electron chi connectivity index (χ4n) is 1.82. The number of para-hydroxylation sites is 1. The largest absolute Gasteiger partial charge is 0.508 e. The molecule has 3 N–H and O–H groups in total. The van der Waals surface area contributed by atoms with E-state index >= 15 is 0 Å². The molecule has 0 aromatic heterocycles. The number of phenols is 1. The smallest absolute Gasteiger partial charge is 0.220 e. The molecule has 1 amide bonds. The Morgan fingerprint density at radius 3 is 2.94 bits per heavy atom. The molecule has 0 bridgehead atoms. The van der Waals surface area contributed by atoms with Crippen LogP contribution in [0.25, 0.3) is 0 Å². The number of nitrogens with one attached hydrogen (secondary N) is 2. The van der Waals surface area contributed by atoms with Gasteiger partial charge in [0.05, 0.1) is 0 Å². The van der Waals surface area contributed by atoms with E-state index in [-0.39, 0.29) is 5.91 Å². The first kappa shape index (κ1) is 11.0. The zero-order chi connectivity index (χ0) is 11.4. The standard InChI is InChI=1S/C12H16N2O2/c15-11-4-2-1-3-9(11)7-13-10-5-6-12(16)14-8-10/h1-4,10,13,15H,5-8H2,(H,14,16). The monoisotopic (exact) mass is 220 g/mol. The summed E-state index contributed by atoms with van der Waals surface area (Å²) in [6.45, 7) is 1.31. The third-order valence-corrected chi connectivity index (χ3v) is 2.84. The van der Waals surface area contributed by atoms with Crippen molar-refractivity contribution in [2.45, 2.75) is 25.4 Å². The van der Waals surface area contributed by atoms with Gasteiger partial charge in [-0.1, -0.05) is 18.2 Å². The predicted octanol–water partition coefficient (Wildman–Crippen LogP) is 0.760. The molecule has 0 aliphatic carbocycles. The Morgan fingerprint density at radius 2 is 2.25 bits per heavy atom. The maximum absolute atomic E-state index is 11.0. The number of benzene rings is 1. The minimum absolute atomic E-state index is 0.126. The molecule has 1 aliphatic heterocycles. The molecule has 1 saturated heterocycles. The fraction of sp³-hybridized carbons (Fsp3) is 0.417. The number of piperidine rings is 1. The third kappa shape index (κ3) is 2.73. The lowest BCUT2D eigenvalue weighted by Crippen LogP contribution is -2.45. The molecule has 1 fully saturated rings. The minimum atomic E-state index is 0.126. The SMILES string of the molecule is O=C1CCC(NCc2ccccc2O)CN1. The van der Waals surface area contributed by atoms with Gasteiger partial charge >= 0.3 is 0 Å². The van der Waals surface area contributed by atoms with E-state index in [1.807, 2.05) is 12.1 Å². The summed E-state index contributed by atoms with van der Waals surface area (Å²) in [5.74, 6) is 0.440. The van der Waals surface area contributed by atoms with Gasteiger partial charge in [-0.25, -0.2) is 0 Å². The summed E-state index contributed by atoms with van der Waals surface area (Å²) < 4.78 is 0. The van der Waals surface area contributed by atoms with E-state index in [1.54, 1.807) is 12.1 Å². The van der Waals surface area contributed by atoms with Crippen molar-refractivity contribution in [2.24, 2.45) is 0 Å². The van der Waals surface area contributed by atoms with Crippen molar-refractivity contribution in [3.8, 4) is 5.75 Å². The summed E-state index contributed by atoms with van der Waals surface area (Å²) in [5, 5.41) is 15.7. The molecule has 4 nitrogen and oxygen atoms in total. The first-order chi connectivity index (χ1) is 7.75. The summed E-state index contributed by atoms with van der Waals surface area (Å²) >= 11 is 0. The number of hydrogen-bond donors (Lipinski definition) is 3. The fourth-order valence-corrected chi connectivity index (χ4v) is 1.82. The highest BCUT2D eigenvalue weighted by Crippen LogP contribution is 2.15. The molecular weight excluding hydrogens is 204 g/mol. The zero-order valence-corrected chi connectivity index (χ0v) is 9.07. The second-order valence-corrected chi connectivity index (χ2v) is 4.05. The maximum Gasteiger partial charge on any atom is 0.220 e. The third-order valence-electron chi connectivity index (χ3n) is 2.84. The van der Waals surface area contributed by atoms with E-state index in [4.69, 9.17) is 0 Å². The number of hydrogen-bond acceptors (Lipinski definition) is 3. The maximum atomic E-state index is 11.0. The average Bonchev–Trinajstić information content (AvgIpc) is 2.30. The Morgan fingerprint density at radius 1 is 1.44 bits per heavy atom. The van der Waals surface area contributed by atoms with Gasteiger partial charge in [0.2, 0.25) is 5.91 Å². The van der Waals surface area contributed by atoms with E-state index in [2.05, 4.69) is 10.6 Å². The van der Waals surface area contributed by atoms with Gasteiger partial charge < -0.3 is 15.7 Å². The topological polar surface area (TPSA) is 61.4 Å². The molecule has 4 heteroatoms. The van der Waals surface area contributed by atoms with E-state index in [0.29, 0.717) is 31.3 Å². The molecule has 1 heterocycles. The van der Waals surface area contributed by atoms with Crippen LogP contribution in [0.15, 0.2) is 24.3 Å². The van der Waals surface area contributed by atoms with Crippen LogP contribution < -0.4 is 10.6 Å². The van der Waals surface area contributed by atoms with Crippen LogP contribution in [0, 0.1) is 0 Å². The van der Waals surface area contributed by atoms with Gasteiger partial charge in [-0.3, -0.25) is 4.79 Å². The number of carbonyl (C=O) groups excluding carboxylic acids is 1. The Balaban J connectivity index is 1.84. The summed E-state index contributed by atoms with van der Waals surface area (Å²) in [6.07, 6.45) is 1.44. The number of carbonyl (C=O) groups is 1. The van der Waals surface area contributed by atoms with Gasteiger partial charge in [0.1, 0.15) is 5.75 Å². The molecule has 1 aromatic rings. The molecule has 1 atom stereocenters. The van der Waals surface area contributed by atoms with Crippen LogP contribution in [0.5, 0.6) is 5.75 Å². The molecular formula is C12H16N2O2. The van der Waals surface area contributed by atoms with Gasteiger partial charge in [0.15, 0.2) is 0 Å². The van der Waals surface area contributed by atoms with Crippen LogP contribution in [-0.4, -0.2) is 23.6 Å². The van der Waals surface area contributed by atoms with Gasteiger partial charge in [-0.15, -0.1) is 0 Å². The Bertz CT molecular complexity index is 369. The lowest BCUT2D eigenvalue weighted by molar-refractivity contribution is -0.122. The molecule has 2 rings (SSSR count). The van der Waals surface area contributed by atoms with Crippen molar-refractivity contribution < 1.29 is 9.90 Å². The zero-order valence-electron chi connectivity index (χ0n) is 9.07. The van der Waals surface area contributed by atoms with Crippen LogP contribution in [0.2, 0.25) is 0 Å². The summed E-state index contributed by atoms with van der Waals surface area (Å²) in [5.41, 5.74) is 0.888. The molecule has 0 spiro atoms. The van der Waals surface area contributed by atoms with Crippen molar-refractivity contribution in [3.63, 3.8) is 0 Å². The van der Waals surface area contributed by atoms with Crippen LogP contribution in [0.3, 0.4) is 0 Å². The Hall–Kier alpha value is -1.55. The summed E-state index contributed by atoms with van der Waals surface area (Å²) in [4.78, 5) is 11.0. The van der Waals surface area contributed by atoms with Crippen molar-refractivity contribution in [2.75, 3.05) is 6.54 Å². The van der Waals surface area contributed by atoms with Crippen LogP contribution >= 0.6 is 0 Å². The van der Waals surface area contributed by atoms with Crippen molar-refractivity contribution in [3.05, 3.63) is 29.8 Å². The second kappa shape index (κ2) is 4.99. The van der Waals surface area contributed by atoms with Crippen molar-refractivity contribution in [1.82, 2.24) is 10.6 Å². The van der Waals surface area contributed by atoms with E-state index < -0.39 is 0 Å². The molecule has 1 aliphatic rings. The highest BCUT2D eigenvalue weighted by molar-refractivity contribution is 5.76. The average molecular weight is 220 g/mol. The Labute approximate surface area is 94.7 Å². The number of phenolic OH excluding ortho intramolecular Hbond substituents is 1. The predicted molar refractivity (Wildman–Crippen MR) is 61.0 cm³/mol. The van der Waals surface area contributed by atoms with Crippen LogP contribution in [-0.2, 0) is 11.3 Å². The minimum Gasteiger partial charge on any atom is -0.508 e. The highest BCUT2D eigenvalue weighted by atomic mass is 16.3. The first-order valence-corrected chi connectivity index (χ1v) is 5.52. The van der Waals surface area contributed by atoms with Crippen LogP contribution in [0.1, 0.15) is 18.4 Å². The molecule has 0 radical (unpaired) electrons. The summed E-state index contributed by atoms with van der Waals surface area (Å²) in [6, 6.07) is 7.58. The summed E-state index contributed by atoms with van der Waals surface area (Å²) in [7, 11) is 0. The quantitative estimate of drug-likeness (QED) is 0.704. The second-order valence-electron chi connectivity index (χ2n) is 4.05. The van der Waals surface area contributed by atoms with Gasteiger partial charge in [-0.2, -0.15) is 0 Å².